The lowest BCUT2D eigenvalue weighted by Crippen LogP contribution is -2.13. The fraction of sp³-hybridized carbons (Fsp3) is 0.294. The van der Waals surface area contributed by atoms with Crippen LogP contribution in [-0.4, -0.2) is 27.5 Å². The molecule has 0 unspecified atom stereocenters. The third-order valence-corrected chi connectivity index (χ3v) is 5.51. The van der Waals surface area contributed by atoms with Gasteiger partial charge in [-0.05, 0) is 23.6 Å². The van der Waals surface area contributed by atoms with Crippen LogP contribution in [0.2, 0.25) is 0 Å². The predicted molar refractivity (Wildman–Crippen MR) is 91.8 cm³/mol. The van der Waals surface area contributed by atoms with Gasteiger partial charge in [0.05, 0.1) is 17.8 Å². The van der Waals surface area contributed by atoms with Crippen LogP contribution in [0.25, 0.3) is 5.69 Å². The summed E-state index contributed by atoms with van der Waals surface area (Å²) in [6.45, 7) is 4.24. The summed E-state index contributed by atoms with van der Waals surface area (Å²) in [5, 5.41) is 0.0426. The highest BCUT2D eigenvalue weighted by Crippen LogP contribution is 2.21. The quantitative estimate of drug-likeness (QED) is 0.713. The van der Waals surface area contributed by atoms with E-state index in [-0.39, 0.29) is 10.9 Å². The second kappa shape index (κ2) is 6.24. The standard InChI is InChI=1S/C17H20N4O2S/c1-13(2)14-4-6-15(7-5-14)21-9-8-19-17(21)24(22,23)11-16-10-18-12-20(16)3/h4-10,12-13H,11H2,1-3H3. The monoisotopic (exact) mass is 344 g/mol. The van der Waals surface area contributed by atoms with E-state index in [0.29, 0.717) is 11.6 Å². The minimum Gasteiger partial charge on any atom is -0.337 e. The molecule has 0 spiro atoms. The fourth-order valence-electron chi connectivity index (χ4n) is 2.52. The van der Waals surface area contributed by atoms with Gasteiger partial charge in [-0.3, -0.25) is 4.57 Å². The summed E-state index contributed by atoms with van der Waals surface area (Å²) < 4.78 is 28.8. The Morgan fingerprint density at radius 2 is 1.88 bits per heavy atom. The maximum absolute atomic E-state index is 12.8. The minimum absolute atomic E-state index is 0.0426. The van der Waals surface area contributed by atoms with Crippen molar-refractivity contribution in [3.05, 3.63) is 60.4 Å². The van der Waals surface area contributed by atoms with Crippen LogP contribution < -0.4 is 0 Å². The van der Waals surface area contributed by atoms with Gasteiger partial charge in [-0.2, -0.15) is 0 Å². The van der Waals surface area contributed by atoms with E-state index >= 15 is 0 Å². The number of sulfone groups is 1. The van der Waals surface area contributed by atoms with Crippen molar-refractivity contribution in [2.75, 3.05) is 0 Å². The van der Waals surface area contributed by atoms with Crippen LogP contribution in [0.1, 0.15) is 31.0 Å². The van der Waals surface area contributed by atoms with Crippen molar-refractivity contribution in [3.63, 3.8) is 0 Å². The molecule has 24 heavy (non-hydrogen) atoms. The van der Waals surface area contributed by atoms with Crippen LogP contribution in [-0.2, 0) is 22.6 Å². The van der Waals surface area contributed by atoms with Gasteiger partial charge >= 0.3 is 0 Å². The fourth-order valence-corrected chi connectivity index (χ4v) is 4.00. The van der Waals surface area contributed by atoms with E-state index in [4.69, 9.17) is 0 Å². The number of imidazole rings is 2. The van der Waals surface area contributed by atoms with E-state index in [1.165, 1.54) is 11.8 Å². The normalized spacial score (nSPS) is 12.0. The molecule has 7 heteroatoms. The molecule has 0 bridgehead atoms. The lowest BCUT2D eigenvalue weighted by atomic mass is 10.0. The molecule has 0 aliphatic heterocycles. The zero-order valence-corrected chi connectivity index (χ0v) is 14.7. The lowest BCUT2D eigenvalue weighted by Gasteiger charge is -2.11. The average Bonchev–Trinajstić information content (AvgIpc) is 3.17. The van der Waals surface area contributed by atoms with E-state index < -0.39 is 9.84 Å². The number of nitrogens with zero attached hydrogens (tertiary/aromatic N) is 4. The van der Waals surface area contributed by atoms with Gasteiger partial charge < -0.3 is 4.57 Å². The highest BCUT2D eigenvalue weighted by atomic mass is 32.2. The molecule has 0 aliphatic carbocycles. The Balaban J connectivity index is 1.96. The van der Waals surface area contributed by atoms with E-state index in [1.54, 1.807) is 34.9 Å². The Bertz CT molecular complexity index is 937. The van der Waals surface area contributed by atoms with Crippen molar-refractivity contribution >= 4 is 9.84 Å². The number of rotatable bonds is 5. The molecule has 0 saturated heterocycles. The molecule has 126 valence electrons. The van der Waals surface area contributed by atoms with Crippen LogP contribution in [0.3, 0.4) is 0 Å². The topological polar surface area (TPSA) is 69.8 Å². The van der Waals surface area contributed by atoms with Crippen LogP contribution in [0.4, 0.5) is 0 Å². The molecular weight excluding hydrogens is 324 g/mol. The van der Waals surface area contributed by atoms with Gasteiger partial charge in [0.1, 0.15) is 0 Å². The van der Waals surface area contributed by atoms with Crippen molar-refractivity contribution < 1.29 is 8.42 Å². The molecule has 3 rings (SSSR count). The van der Waals surface area contributed by atoms with Crippen molar-refractivity contribution in [1.29, 1.82) is 0 Å². The highest BCUT2D eigenvalue weighted by Gasteiger charge is 2.23. The first kappa shape index (κ1) is 16.4. The molecule has 0 aliphatic rings. The summed E-state index contributed by atoms with van der Waals surface area (Å²) in [5.41, 5.74) is 2.61. The van der Waals surface area contributed by atoms with Crippen LogP contribution >= 0.6 is 0 Å². The highest BCUT2D eigenvalue weighted by molar-refractivity contribution is 7.90. The van der Waals surface area contributed by atoms with Crippen molar-refractivity contribution in [2.24, 2.45) is 7.05 Å². The van der Waals surface area contributed by atoms with Crippen molar-refractivity contribution in [2.45, 2.75) is 30.7 Å². The molecule has 1 aromatic carbocycles. The number of hydrogen-bond acceptors (Lipinski definition) is 4. The summed E-state index contributed by atoms with van der Waals surface area (Å²) >= 11 is 0. The van der Waals surface area contributed by atoms with Gasteiger partial charge in [-0.15, -0.1) is 0 Å². The van der Waals surface area contributed by atoms with Crippen LogP contribution in [0.15, 0.2) is 54.3 Å². The first-order valence-electron chi connectivity index (χ1n) is 7.70. The number of aromatic nitrogens is 4. The molecule has 0 fully saturated rings. The molecular formula is C17H20N4O2S. The minimum atomic E-state index is -3.58. The number of aryl methyl sites for hydroxylation is 1. The molecule has 6 nitrogen and oxygen atoms in total. The third kappa shape index (κ3) is 3.12. The molecule has 0 N–H and O–H groups in total. The third-order valence-electron chi connectivity index (χ3n) is 3.98. The van der Waals surface area contributed by atoms with E-state index in [9.17, 15) is 8.42 Å². The van der Waals surface area contributed by atoms with Crippen molar-refractivity contribution in [1.82, 2.24) is 19.1 Å². The lowest BCUT2D eigenvalue weighted by molar-refractivity contribution is 0.581. The molecule has 0 radical (unpaired) electrons. The van der Waals surface area contributed by atoms with Gasteiger partial charge in [0.25, 0.3) is 0 Å². The number of hydrogen-bond donors (Lipinski definition) is 0. The molecule has 3 aromatic rings. The Kier molecular flexibility index (Phi) is 4.28. The first-order valence-corrected chi connectivity index (χ1v) is 9.35. The van der Waals surface area contributed by atoms with Gasteiger partial charge in [0, 0.05) is 31.3 Å². The predicted octanol–water partition coefficient (Wildman–Crippen LogP) is 2.70. The van der Waals surface area contributed by atoms with Crippen LogP contribution in [0, 0.1) is 0 Å². The molecule has 2 heterocycles. The maximum Gasteiger partial charge on any atom is 0.232 e. The van der Waals surface area contributed by atoms with E-state index in [0.717, 1.165) is 5.69 Å². The SMILES string of the molecule is CC(C)c1ccc(-n2ccnc2S(=O)(=O)Cc2cncn2C)cc1. The zero-order chi connectivity index (χ0) is 17.3. The second-order valence-electron chi connectivity index (χ2n) is 6.08. The van der Waals surface area contributed by atoms with Gasteiger partial charge in [-0.25, -0.2) is 18.4 Å². The Labute approximate surface area is 141 Å². The van der Waals surface area contributed by atoms with Crippen molar-refractivity contribution in [3.8, 4) is 5.69 Å². The summed E-state index contributed by atoms with van der Waals surface area (Å²) in [6, 6.07) is 7.86. The molecule has 0 amide bonds. The average molecular weight is 344 g/mol. The van der Waals surface area contributed by atoms with E-state index in [1.807, 2.05) is 24.3 Å². The van der Waals surface area contributed by atoms with Gasteiger partial charge in [0.15, 0.2) is 0 Å². The number of benzene rings is 1. The summed E-state index contributed by atoms with van der Waals surface area (Å²) in [5.74, 6) is 0.291. The summed E-state index contributed by atoms with van der Waals surface area (Å²) in [7, 11) is -1.80. The van der Waals surface area contributed by atoms with Gasteiger partial charge in [-0.1, -0.05) is 26.0 Å². The molecule has 0 saturated carbocycles. The maximum atomic E-state index is 12.8. The van der Waals surface area contributed by atoms with Gasteiger partial charge in [0.2, 0.25) is 15.0 Å². The first-order chi connectivity index (χ1) is 11.4. The van der Waals surface area contributed by atoms with E-state index in [2.05, 4.69) is 23.8 Å². The van der Waals surface area contributed by atoms with Crippen LogP contribution in [0.5, 0.6) is 0 Å². The Morgan fingerprint density at radius 3 is 2.46 bits per heavy atom. The summed E-state index contributed by atoms with van der Waals surface area (Å²) in [6.07, 6.45) is 6.32. The Morgan fingerprint density at radius 1 is 1.17 bits per heavy atom. The second-order valence-corrected chi connectivity index (χ2v) is 7.96. The smallest absolute Gasteiger partial charge is 0.232 e. The Hall–Kier alpha value is -2.41. The summed E-state index contributed by atoms with van der Waals surface area (Å²) in [4.78, 5) is 8.04. The molecule has 2 aromatic heterocycles. The molecule has 0 atom stereocenters. The zero-order valence-electron chi connectivity index (χ0n) is 13.9. The largest absolute Gasteiger partial charge is 0.337 e.